The van der Waals surface area contributed by atoms with Crippen molar-refractivity contribution in [3.05, 3.63) is 47.8 Å². The molecule has 1 saturated heterocycles. The zero-order chi connectivity index (χ0) is 19.4. The van der Waals surface area contributed by atoms with Crippen LogP contribution in [-0.4, -0.2) is 48.7 Å². The quantitative estimate of drug-likeness (QED) is 0.586. The summed E-state index contributed by atoms with van der Waals surface area (Å²) in [7, 11) is -1.73. The summed E-state index contributed by atoms with van der Waals surface area (Å²) >= 11 is 0. The molecule has 0 amide bonds. The summed E-state index contributed by atoms with van der Waals surface area (Å²) < 4.78 is 24.5. The van der Waals surface area contributed by atoms with Crippen molar-refractivity contribution >= 4 is 16.0 Å². The van der Waals surface area contributed by atoms with Crippen molar-refractivity contribution in [2.45, 2.75) is 30.7 Å². The molecule has 0 aliphatic carbocycles. The average molecular weight is 391 g/mol. The van der Waals surface area contributed by atoms with E-state index in [0.717, 1.165) is 37.6 Å². The van der Waals surface area contributed by atoms with Crippen molar-refractivity contribution in [3.63, 3.8) is 0 Å². The fourth-order valence-corrected chi connectivity index (χ4v) is 3.77. The van der Waals surface area contributed by atoms with Gasteiger partial charge in [0.1, 0.15) is 0 Å². The summed E-state index contributed by atoms with van der Waals surface area (Å²) in [5.41, 5.74) is 2.19. The zero-order valence-electron chi connectivity index (χ0n) is 15.7. The average Bonchev–Trinajstić information content (AvgIpc) is 3.27. The van der Waals surface area contributed by atoms with Gasteiger partial charge in [0.15, 0.2) is 5.96 Å². The van der Waals surface area contributed by atoms with Gasteiger partial charge in [-0.3, -0.25) is 4.68 Å². The number of likely N-dealkylation sites (tertiary alicyclic amines) is 1. The summed E-state index contributed by atoms with van der Waals surface area (Å²) in [6.45, 7) is 5.15. The van der Waals surface area contributed by atoms with Gasteiger partial charge in [0.2, 0.25) is 10.0 Å². The fourth-order valence-electron chi connectivity index (χ4n) is 3.25. The number of aliphatic imine (C=N–C) groups is 1. The maximum absolute atomic E-state index is 11.3. The van der Waals surface area contributed by atoms with Gasteiger partial charge in [-0.15, -0.1) is 0 Å². The highest BCUT2D eigenvalue weighted by atomic mass is 32.2. The predicted octanol–water partition coefficient (Wildman–Crippen LogP) is 1.02. The van der Waals surface area contributed by atoms with Crippen LogP contribution in [0.2, 0.25) is 0 Å². The van der Waals surface area contributed by atoms with Crippen LogP contribution in [0, 0.1) is 0 Å². The summed E-state index contributed by atoms with van der Waals surface area (Å²) in [4.78, 5) is 7.10. The molecule has 2 aromatic rings. The Morgan fingerprint density at radius 2 is 2.11 bits per heavy atom. The van der Waals surface area contributed by atoms with E-state index in [2.05, 4.69) is 21.5 Å². The van der Waals surface area contributed by atoms with Crippen LogP contribution in [0.5, 0.6) is 0 Å². The van der Waals surface area contributed by atoms with Gasteiger partial charge in [0.25, 0.3) is 0 Å². The van der Waals surface area contributed by atoms with E-state index >= 15 is 0 Å². The van der Waals surface area contributed by atoms with Gasteiger partial charge in [-0.1, -0.05) is 12.1 Å². The van der Waals surface area contributed by atoms with Crippen molar-refractivity contribution in [1.82, 2.24) is 20.0 Å². The van der Waals surface area contributed by atoms with Crippen LogP contribution >= 0.6 is 0 Å². The Morgan fingerprint density at radius 3 is 2.70 bits per heavy atom. The number of benzene rings is 1. The number of hydrogen-bond donors (Lipinski definition) is 2. The molecule has 9 heteroatoms. The molecular formula is C18H26N6O2S. The van der Waals surface area contributed by atoms with Crippen LogP contribution in [-0.2, 0) is 23.6 Å². The molecule has 1 aromatic heterocycles. The van der Waals surface area contributed by atoms with Gasteiger partial charge in [-0.05, 0) is 36.6 Å². The number of primary sulfonamides is 1. The molecule has 3 rings (SSSR count). The minimum atomic E-state index is -3.67. The second-order valence-electron chi connectivity index (χ2n) is 6.74. The molecule has 1 aliphatic rings. The van der Waals surface area contributed by atoms with Crippen LogP contribution in [0.4, 0.5) is 0 Å². The summed E-state index contributed by atoms with van der Waals surface area (Å²) in [5.74, 6) is 1.33. The largest absolute Gasteiger partial charge is 0.357 e. The molecule has 146 valence electrons. The van der Waals surface area contributed by atoms with E-state index in [-0.39, 0.29) is 4.90 Å². The Balaban J connectivity index is 1.68. The lowest BCUT2D eigenvalue weighted by Gasteiger charge is -2.21. The number of rotatable bonds is 5. The molecule has 0 saturated carbocycles. The van der Waals surface area contributed by atoms with Gasteiger partial charge >= 0.3 is 0 Å². The lowest BCUT2D eigenvalue weighted by atomic mass is 10.0. The third-order valence-electron chi connectivity index (χ3n) is 4.68. The minimum absolute atomic E-state index is 0.112. The normalized spacial score (nSPS) is 18.1. The van der Waals surface area contributed by atoms with Gasteiger partial charge in [0.05, 0.1) is 17.6 Å². The molecule has 1 fully saturated rings. The van der Waals surface area contributed by atoms with Crippen LogP contribution in [0.15, 0.2) is 46.5 Å². The molecule has 3 N–H and O–H groups in total. The monoisotopic (exact) mass is 390 g/mol. The van der Waals surface area contributed by atoms with E-state index in [1.54, 1.807) is 12.1 Å². The Hall–Kier alpha value is -2.39. The number of aryl methyl sites for hydroxylation is 1. The maximum atomic E-state index is 11.3. The smallest absolute Gasteiger partial charge is 0.238 e. The highest BCUT2D eigenvalue weighted by molar-refractivity contribution is 7.89. The zero-order valence-corrected chi connectivity index (χ0v) is 16.5. The SMILES string of the molecule is CCNC(=NCc1ccc(S(N)(=O)=O)cc1)N1CCC(c2cnn(C)c2)C1. The number of hydrogen-bond acceptors (Lipinski definition) is 4. The van der Waals surface area contributed by atoms with Crippen LogP contribution in [0.3, 0.4) is 0 Å². The Bertz CT molecular complexity index is 904. The summed E-state index contributed by atoms with van der Waals surface area (Å²) in [6.07, 6.45) is 5.08. The molecule has 1 atom stereocenters. The molecule has 1 unspecified atom stereocenters. The van der Waals surface area contributed by atoms with Crippen molar-refractivity contribution in [2.24, 2.45) is 17.2 Å². The third kappa shape index (κ3) is 4.86. The van der Waals surface area contributed by atoms with Gasteiger partial charge < -0.3 is 10.2 Å². The second kappa shape index (κ2) is 8.10. The number of sulfonamides is 1. The van der Waals surface area contributed by atoms with E-state index in [1.165, 1.54) is 17.7 Å². The van der Waals surface area contributed by atoms with E-state index < -0.39 is 10.0 Å². The Morgan fingerprint density at radius 1 is 1.37 bits per heavy atom. The molecule has 0 bridgehead atoms. The van der Waals surface area contributed by atoms with Crippen molar-refractivity contribution in [1.29, 1.82) is 0 Å². The molecule has 27 heavy (non-hydrogen) atoms. The van der Waals surface area contributed by atoms with Crippen molar-refractivity contribution < 1.29 is 8.42 Å². The number of nitrogens with two attached hydrogens (primary N) is 1. The Kier molecular flexibility index (Phi) is 5.81. The minimum Gasteiger partial charge on any atom is -0.357 e. The highest BCUT2D eigenvalue weighted by Gasteiger charge is 2.26. The number of aromatic nitrogens is 2. The number of guanidine groups is 1. The molecular weight excluding hydrogens is 364 g/mol. The molecule has 0 spiro atoms. The first-order valence-corrected chi connectivity index (χ1v) is 10.5. The third-order valence-corrected chi connectivity index (χ3v) is 5.61. The fraction of sp³-hybridized carbons (Fsp3) is 0.444. The Labute approximate surface area is 160 Å². The maximum Gasteiger partial charge on any atom is 0.238 e. The van der Waals surface area contributed by atoms with Gasteiger partial charge in [-0.2, -0.15) is 5.10 Å². The van der Waals surface area contributed by atoms with Gasteiger partial charge in [-0.25, -0.2) is 18.5 Å². The molecule has 1 aliphatic heterocycles. The number of nitrogens with zero attached hydrogens (tertiary/aromatic N) is 4. The first-order valence-electron chi connectivity index (χ1n) is 9.00. The van der Waals surface area contributed by atoms with E-state index in [0.29, 0.717) is 12.5 Å². The van der Waals surface area contributed by atoms with Crippen molar-refractivity contribution in [2.75, 3.05) is 19.6 Å². The summed E-state index contributed by atoms with van der Waals surface area (Å²) in [6, 6.07) is 6.52. The summed E-state index contributed by atoms with van der Waals surface area (Å²) in [5, 5.41) is 12.8. The predicted molar refractivity (Wildman–Crippen MR) is 105 cm³/mol. The molecule has 0 radical (unpaired) electrons. The van der Waals surface area contributed by atoms with Crippen LogP contribution < -0.4 is 10.5 Å². The molecule has 2 heterocycles. The van der Waals surface area contributed by atoms with Crippen molar-refractivity contribution in [3.8, 4) is 0 Å². The van der Waals surface area contributed by atoms with Gasteiger partial charge in [0, 0.05) is 38.8 Å². The second-order valence-corrected chi connectivity index (χ2v) is 8.30. The number of nitrogens with one attached hydrogen (secondary N) is 1. The van der Waals surface area contributed by atoms with E-state index in [9.17, 15) is 8.42 Å². The topological polar surface area (TPSA) is 106 Å². The van der Waals surface area contributed by atoms with E-state index in [4.69, 9.17) is 10.1 Å². The highest BCUT2D eigenvalue weighted by Crippen LogP contribution is 2.26. The first-order chi connectivity index (χ1) is 12.9. The standard InChI is InChI=1S/C18H26N6O2S/c1-3-20-18(21-10-14-4-6-17(7-5-14)27(19,25)26)24-9-8-15(13-24)16-11-22-23(2)12-16/h4-7,11-12,15H,3,8-10,13H2,1-2H3,(H,20,21)(H2,19,25,26). The van der Waals surface area contributed by atoms with Crippen LogP contribution in [0.1, 0.15) is 30.4 Å². The lowest BCUT2D eigenvalue weighted by Crippen LogP contribution is -2.40. The molecule has 8 nitrogen and oxygen atoms in total. The molecule has 1 aromatic carbocycles. The van der Waals surface area contributed by atoms with Crippen LogP contribution in [0.25, 0.3) is 0 Å². The first kappa shape index (κ1) is 19.4. The van der Waals surface area contributed by atoms with E-state index in [1.807, 2.05) is 24.9 Å². The lowest BCUT2D eigenvalue weighted by molar-refractivity contribution is 0.486.